The molecular weight excluding hydrogens is 384 g/mol. The van der Waals surface area contributed by atoms with Gasteiger partial charge in [0.05, 0.1) is 4.92 Å². The van der Waals surface area contributed by atoms with Crippen molar-refractivity contribution in [1.82, 2.24) is 4.90 Å². The van der Waals surface area contributed by atoms with E-state index in [9.17, 15) is 19.7 Å². The van der Waals surface area contributed by atoms with Crippen molar-refractivity contribution in [3.63, 3.8) is 0 Å². The number of nitrogens with one attached hydrogen (secondary N) is 2. The number of anilines is 2. The van der Waals surface area contributed by atoms with Crippen molar-refractivity contribution in [2.45, 2.75) is 26.2 Å². The first-order chi connectivity index (χ1) is 14.4. The first-order valence-electron chi connectivity index (χ1n) is 10.1. The van der Waals surface area contributed by atoms with Crippen LogP contribution in [0.15, 0.2) is 48.5 Å². The molecule has 0 saturated carbocycles. The third-order valence-corrected chi connectivity index (χ3v) is 5.35. The van der Waals surface area contributed by atoms with Gasteiger partial charge >= 0.3 is 0 Å². The summed E-state index contributed by atoms with van der Waals surface area (Å²) in [5.41, 5.74) is 2.05. The lowest BCUT2D eigenvalue weighted by molar-refractivity contribution is -0.384. The van der Waals surface area contributed by atoms with E-state index < -0.39 is 4.92 Å². The second-order valence-electron chi connectivity index (χ2n) is 7.53. The minimum Gasteiger partial charge on any atom is -0.326 e. The molecule has 30 heavy (non-hydrogen) atoms. The van der Waals surface area contributed by atoms with Crippen molar-refractivity contribution < 1.29 is 14.5 Å². The molecule has 1 saturated heterocycles. The van der Waals surface area contributed by atoms with Crippen LogP contribution in [0.2, 0.25) is 0 Å². The predicted molar refractivity (Wildman–Crippen MR) is 115 cm³/mol. The highest BCUT2D eigenvalue weighted by atomic mass is 16.6. The molecule has 0 radical (unpaired) electrons. The molecule has 0 bridgehead atoms. The molecule has 2 aromatic carbocycles. The fourth-order valence-electron chi connectivity index (χ4n) is 3.56. The molecule has 8 heteroatoms. The number of carbonyl (C=O) groups is 2. The molecule has 158 valence electrons. The van der Waals surface area contributed by atoms with E-state index in [0.717, 1.165) is 31.6 Å². The highest BCUT2D eigenvalue weighted by Crippen LogP contribution is 2.22. The quantitative estimate of drug-likeness (QED) is 0.536. The summed E-state index contributed by atoms with van der Waals surface area (Å²) in [6.07, 6.45) is 1.86. The van der Waals surface area contributed by atoms with E-state index in [1.54, 1.807) is 13.0 Å². The summed E-state index contributed by atoms with van der Waals surface area (Å²) in [5.74, 6) is -0.0961. The molecule has 2 N–H and O–H groups in total. The highest BCUT2D eigenvalue weighted by molar-refractivity contribution is 5.93. The number of nitro groups is 1. The van der Waals surface area contributed by atoms with Gasteiger partial charge < -0.3 is 15.5 Å². The Bertz CT molecular complexity index is 909. The van der Waals surface area contributed by atoms with E-state index in [4.69, 9.17) is 0 Å². The lowest BCUT2D eigenvalue weighted by atomic mass is 9.95. The topological polar surface area (TPSA) is 105 Å². The summed E-state index contributed by atoms with van der Waals surface area (Å²) in [4.78, 5) is 37.2. The molecule has 2 amide bonds. The summed E-state index contributed by atoms with van der Waals surface area (Å²) >= 11 is 0. The van der Waals surface area contributed by atoms with Crippen LogP contribution in [0.1, 0.15) is 24.8 Å². The molecule has 1 heterocycles. The zero-order chi connectivity index (χ0) is 21.5. The number of nitro benzene ring substituents is 1. The van der Waals surface area contributed by atoms with Crippen molar-refractivity contribution in [2.75, 3.05) is 30.3 Å². The lowest BCUT2D eigenvalue weighted by Crippen LogP contribution is -2.39. The number of likely N-dealkylation sites (tertiary alicyclic amines) is 1. The average molecular weight is 410 g/mol. The number of rotatable bonds is 7. The number of non-ortho nitro benzene ring substituents is 1. The normalized spacial score (nSPS) is 14.8. The van der Waals surface area contributed by atoms with Crippen LogP contribution in [0, 0.1) is 23.0 Å². The molecule has 0 aromatic heterocycles. The molecule has 3 rings (SSSR count). The van der Waals surface area contributed by atoms with Gasteiger partial charge in [0.1, 0.15) is 0 Å². The van der Waals surface area contributed by atoms with E-state index in [1.807, 2.05) is 30.3 Å². The molecule has 1 aliphatic rings. The molecule has 2 aromatic rings. The smallest absolute Gasteiger partial charge is 0.269 e. The van der Waals surface area contributed by atoms with Gasteiger partial charge in [-0.25, -0.2) is 0 Å². The Kier molecular flexibility index (Phi) is 7.13. The van der Waals surface area contributed by atoms with Crippen molar-refractivity contribution in [2.24, 2.45) is 5.92 Å². The highest BCUT2D eigenvalue weighted by Gasteiger charge is 2.25. The fourth-order valence-corrected chi connectivity index (χ4v) is 3.56. The summed E-state index contributed by atoms with van der Waals surface area (Å²) < 4.78 is 0. The number of hydrogen-bond acceptors (Lipinski definition) is 5. The maximum atomic E-state index is 12.4. The standard InChI is InChI=1S/C22H26N4O4/c1-16-15-19(26(29)30)7-8-20(16)24-21(27)11-14-25-12-9-17(10-13-25)22(28)23-18-5-3-2-4-6-18/h2-8,15,17H,9-14H2,1H3,(H,23,28)(H,24,27). The maximum Gasteiger partial charge on any atom is 0.269 e. The van der Waals surface area contributed by atoms with E-state index >= 15 is 0 Å². The number of nitrogens with zero attached hydrogens (tertiary/aromatic N) is 2. The van der Waals surface area contributed by atoms with Crippen LogP contribution in [0.25, 0.3) is 0 Å². The maximum absolute atomic E-state index is 12.4. The molecule has 1 fully saturated rings. The van der Waals surface area contributed by atoms with Crippen molar-refractivity contribution in [3.8, 4) is 0 Å². The Labute approximate surface area is 175 Å². The minimum atomic E-state index is -0.456. The Morgan fingerprint density at radius 3 is 2.43 bits per heavy atom. The van der Waals surface area contributed by atoms with Crippen molar-refractivity contribution in [1.29, 1.82) is 0 Å². The van der Waals surface area contributed by atoms with Crippen LogP contribution in [0.5, 0.6) is 0 Å². The molecule has 0 unspecified atom stereocenters. The number of carbonyl (C=O) groups excluding carboxylic acids is 2. The Morgan fingerprint density at radius 2 is 1.80 bits per heavy atom. The number of piperidine rings is 1. The largest absolute Gasteiger partial charge is 0.326 e. The van der Waals surface area contributed by atoms with Gasteiger partial charge in [-0.2, -0.15) is 0 Å². The SMILES string of the molecule is Cc1cc([N+](=O)[O-])ccc1NC(=O)CCN1CCC(C(=O)Nc2ccccc2)CC1. The average Bonchev–Trinajstić information content (AvgIpc) is 2.74. The number of aryl methyl sites for hydroxylation is 1. The summed E-state index contributed by atoms with van der Waals surface area (Å²) in [5, 5.41) is 16.6. The van der Waals surface area contributed by atoms with E-state index in [0.29, 0.717) is 24.2 Å². The Morgan fingerprint density at radius 1 is 1.10 bits per heavy atom. The fraction of sp³-hybridized carbons (Fsp3) is 0.364. The summed E-state index contributed by atoms with van der Waals surface area (Å²) in [6, 6.07) is 13.8. The molecular formula is C22H26N4O4. The molecule has 0 aliphatic carbocycles. The summed E-state index contributed by atoms with van der Waals surface area (Å²) in [6.45, 7) is 3.90. The summed E-state index contributed by atoms with van der Waals surface area (Å²) in [7, 11) is 0. The van der Waals surface area contributed by atoms with Gasteiger partial charge in [0, 0.05) is 42.4 Å². The Balaban J connectivity index is 1.40. The molecule has 8 nitrogen and oxygen atoms in total. The second-order valence-corrected chi connectivity index (χ2v) is 7.53. The first-order valence-corrected chi connectivity index (χ1v) is 10.1. The van der Waals surface area contributed by atoms with E-state index in [2.05, 4.69) is 15.5 Å². The van der Waals surface area contributed by atoms with Gasteiger partial charge in [-0.3, -0.25) is 19.7 Å². The van der Waals surface area contributed by atoms with Crippen LogP contribution in [-0.2, 0) is 9.59 Å². The van der Waals surface area contributed by atoms with Crippen LogP contribution >= 0.6 is 0 Å². The number of amides is 2. The third kappa shape index (κ3) is 5.87. The molecule has 0 atom stereocenters. The number of para-hydroxylation sites is 1. The van der Waals surface area contributed by atoms with Crippen molar-refractivity contribution >= 4 is 28.9 Å². The van der Waals surface area contributed by atoms with Crippen LogP contribution in [0.3, 0.4) is 0 Å². The molecule has 1 aliphatic heterocycles. The third-order valence-electron chi connectivity index (χ3n) is 5.35. The second kappa shape index (κ2) is 9.98. The van der Waals surface area contributed by atoms with Gasteiger partial charge in [0.2, 0.25) is 11.8 Å². The zero-order valence-corrected chi connectivity index (χ0v) is 17.0. The van der Waals surface area contributed by atoms with Crippen LogP contribution < -0.4 is 10.6 Å². The van der Waals surface area contributed by atoms with Crippen LogP contribution in [0.4, 0.5) is 17.1 Å². The van der Waals surface area contributed by atoms with Gasteiger partial charge in [-0.1, -0.05) is 18.2 Å². The van der Waals surface area contributed by atoms with E-state index in [-0.39, 0.29) is 23.4 Å². The van der Waals surface area contributed by atoms with Gasteiger partial charge in [0.25, 0.3) is 5.69 Å². The van der Waals surface area contributed by atoms with E-state index in [1.165, 1.54) is 12.1 Å². The zero-order valence-electron chi connectivity index (χ0n) is 17.0. The lowest BCUT2D eigenvalue weighted by Gasteiger charge is -2.31. The van der Waals surface area contributed by atoms with Gasteiger partial charge in [-0.15, -0.1) is 0 Å². The number of benzene rings is 2. The van der Waals surface area contributed by atoms with Crippen molar-refractivity contribution in [3.05, 3.63) is 64.2 Å². The number of hydrogen-bond donors (Lipinski definition) is 2. The first kappa shape index (κ1) is 21.4. The van der Waals surface area contributed by atoms with Gasteiger partial charge in [0.15, 0.2) is 0 Å². The molecule has 0 spiro atoms. The minimum absolute atomic E-state index is 0.00433. The monoisotopic (exact) mass is 410 g/mol. The van der Waals surface area contributed by atoms with Crippen LogP contribution in [-0.4, -0.2) is 41.3 Å². The predicted octanol–water partition coefficient (Wildman–Crippen LogP) is 3.58. The Hall–Kier alpha value is -3.26. The van der Waals surface area contributed by atoms with Gasteiger partial charge in [-0.05, 0) is 56.6 Å².